The second-order valence-electron chi connectivity index (χ2n) is 6.74. The molecule has 0 saturated heterocycles. The van der Waals surface area contributed by atoms with E-state index in [9.17, 15) is 4.79 Å². The first kappa shape index (κ1) is 20.4. The maximum Gasteiger partial charge on any atom is 0.230 e. The maximum atomic E-state index is 12.7. The Morgan fingerprint density at radius 3 is 2.73 bits per heavy atom. The molecule has 2 aromatic heterocycles. The number of methoxy groups -OCH3 is 1. The largest absolute Gasteiger partial charge is 0.497 e. The van der Waals surface area contributed by atoms with Gasteiger partial charge in [-0.2, -0.15) is 0 Å². The topological polar surface area (TPSA) is 69.0 Å². The summed E-state index contributed by atoms with van der Waals surface area (Å²) in [4.78, 5) is 21.8. The molecule has 154 valence electrons. The lowest BCUT2D eigenvalue weighted by Crippen LogP contribution is -2.32. The van der Waals surface area contributed by atoms with Crippen molar-refractivity contribution < 1.29 is 9.53 Å². The lowest BCUT2D eigenvalue weighted by atomic mass is 10.1. The zero-order valence-electron chi connectivity index (χ0n) is 16.7. The van der Waals surface area contributed by atoms with Gasteiger partial charge in [-0.3, -0.25) is 4.79 Å². The Hall–Kier alpha value is -2.84. The number of carbonyl (C=O) groups is 1. The first-order valence-electron chi connectivity index (χ1n) is 9.47. The van der Waals surface area contributed by atoms with E-state index in [1.54, 1.807) is 36.4 Å². The molecule has 4 rings (SSSR count). The van der Waals surface area contributed by atoms with Crippen LogP contribution in [-0.4, -0.2) is 33.3 Å². The number of nitrogens with zero attached hydrogens (tertiary/aromatic N) is 3. The summed E-state index contributed by atoms with van der Waals surface area (Å²) in [6.45, 7) is 0. The molecule has 0 aliphatic carbocycles. The fraction of sp³-hybridized carbons (Fsp3) is 0.227. The fourth-order valence-corrected chi connectivity index (χ4v) is 5.02. The molecule has 30 heavy (non-hydrogen) atoms. The van der Waals surface area contributed by atoms with Crippen molar-refractivity contribution in [3.8, 4) is 5.75 Å². The molecular formula is C22H22N4O2S2. The Morgan fingerprint density at radius 2 is 2.03 bits per heavy atom. The summed E-state index contributed by atoms with van der Waals surface area (Å²) in [7, 11) is 3.56. The van der Waals surface area contributed by atoms with Crippen molar-refractivity contribution >= 4 is 39.2 Å². The van der Waals surface area contributed by atoms with Gasteiger partial charge in [0.05, 0.1) is 23.1 Å². The van der Waals surface area contributed by atoms with E-state index in [1.807, 2.05) is 60.3 Å². The molecule has 0 fully saturated rings. The van der Waals surface area contributed by atoms with Crippen LogP contribution in [0.25, 0.3) is 10.2 Å². The predicted molar refractivity (Wildman–Crippen MR) is 122 cm³/mol. The molecule has 4 aromatic rings. The van der Waals surface area contributed by atoms with Crippen LogP contribution in [0.5, 0.6) is 5.75 Å². The number of imidazole rings is 1. The van der Waals surface area contributed by atoms with Gasteiger partial charge in [-0.15, -0.1) is 23.1 Å². The van der Waals surface area contributed by atoms with Crippen molar-refractivity contribution in [3.63, 3.8) is 0 Å². The van der Waals surface area contributed by atoms with Gasteiger partial charge in [0.1, 0.15) is 22.6 Å². The normalized spacial score (nSPS) is 12.1. The number of rotatable bonds is 8. The number of para-hydroxylation sites is 1. The maximum absolute atomic E-state index is 12.7. The highest BCUT2D eigenvalue weighted by Gasteiger charge is 2.21. The second-order valence-corrected chi connectivity index (χ2v) is 8.84. The van der Waals surface area contributed by atoms with Crippen molar-refractivity contribution in [2.24, 2.45) is 7.05 Å². The molecule has 0 spiro atoms. The van der Waals surface area contributed by atoms with Gasteiger partial charge in [-0.25, -0.2) is 9.97 Å². The van der Waals surface area contributed by atoms with Crippen molar-refractivity contribution in [1.82, 2.24) is 19.9 Å². The number of amides is 1. The minimum absolute atomic E-state index is 0.0371. The lowest BCUT2D eigenvalue weighted by Gasteiger charge is -2.19. The Bertz CT molecular complexity index is 1100. The number of carbonyl (C=O) groups excluding carboxylic acids is 1. The third-order valence-corrected chi connectivity index (χ3v) is 6.83. The zero-order chi connectivity index (χ0) is 20.9. The van der Waals surface area contributed by atoms with E-state index < -0.39 is 0 Å². The molecule has 0 radical (unpaired) electrons. The van der Waals surface area contributed by atoms with E-state index in [4.69, 9.17) is 4.74 Å². The van der Waals surface area contributed by atoms with Gasteiger partial charge >= 0.3 is 0 Å². The first-order chi connectivity index (χ1) is 14.6. The number of benzene rings is 2. The minimum Gasteiger partial charge on any atom is -0.497 e. The smallest absolute Gasteiger partial charge is 0.230 e. The van der Waals surface area contributed by atoms with Crippen LogP contribution < -0.4 is 10.1 Å². The molecule has 1 N–H and O–H groups in total. The van der Waals surface area contributed by atoms with Gasteiger partial charge in [0.25, 0.3) is 0 Å². The Kier molecular flexibility index (Phi) is 6.35. The molecule has 0 aliphatic rings. The molecule has 1 unspecified atom stereocenters. The summed E-state index contributed by atoms with van der Waals surface area (Å²) in [5.74, 6) is 2.58. The predicted octanol–water partition coefficient (Wildman–Crippen LogP) is 4.18. The molecule has 0 aliphatic heterocycles. The summed E-state index contributed by atoms with van der Waals surface area (Å²) in [5.41, 5.74) is 1.96. The number of aromatic nitrogens is 3. The van der Waals surface area contributed by atoms with Crippen LogP contribution in [0, 0.1) is 0 Å². The fourth-order valence-electron chi connectivity index (χ4n) is 3.16. The Morgan fingerprint density at radius 1 is 1.23 bits per heavy atom. The molecule has 0 bridgehead atoms. The third kappa shape index (κ3) is 4.66. The van der Waals surface area contributed by atoms with E-state index in [-0.39, 0.29) is 11.9 Å². The SMILES string of the molecule is COc1ccc(C(NC(=O)CSCc2nc3ccccc3s2)c2nccn2C)cc1. The summed E-state index contributed by atoms with van der Waals surface area (Å²) in [6, 6.07) is 15.4. The quantitative estimate of drug-likeness (QED) is 0.447. The number of fused-ring (bicyclic) bond motifs is 1. The van der Waals surface area contributed by atoms with Gasteiger partial charge in [0.15, 0.2) is 0 Å². The molecule has 6 nitrogen and oxygen atoms in total. The van der Waals surface area contributed by atoms with Crippen LogP contribution in [0.3, 0.4) is 0 Å². The number of hydrogen-bond acceptors (Lipinski definition) is 6. The summed E-state index contributed by atoms with van der Waals surface area (Å²) in [6.07, 6.45) is 3.61. The van der Waals surface area contributed by atoms with Gasteiger partial charge in [-0.1, -0.05) is 24.3 Å². The van der Waals surface area contributed by atoms with Crippen LogP contribution in [0.15, 0.2) is 60.9 Å². The van der Waals surface area contributed by atoms with Gasteiger partial charge < -0.3 is 14.6 Å². The molecule has 2 aromatic carbocycles. The van der Waals surface area contributed by atoms with E-state index in [2.05, 4.69) is 21.4 Å². The summed E-state index contributed by atoms with van der Waals surface area (Å²) >= 11 is 3.24. The number of aryl methyl sites for hydroxylation is 1. The van der Waals surface area contributed by atoms with E-state index in [0.717, 1.165) is 27.7 Å². The van der Waals surface area contributed by atoms with Gasteiger partial charge in [-0.05, 0) is 29.8 Å². The highest BCUT2D eigenvalue weighted by Crippen LogP contribution is 2.26. The second kappa shape index (κ2) is 9.32. The van der Waals surface area contributed by atoms with Crippen LogP contribution in [0.1, 0.15) is 22.4 Å². The molecule has 1 atom stereocenters. The number of nitrogens with one attached hydrogen (secondary N) is 1. The summed E-state index contributed by atoms with van der Waals surface area (Å²) < 4.78 is 8.34. The standard InChI is InChI=1S/C22H22N4O2S2/c1-26-12-11-23-22(26)21(15-7-9-16(28-2)10-8-15)25-19(27)13-29-14-20-24-17-5-3-4-6-18(17)30-20/h3-12,21H,13-14H2,1-2H3,(H,25,27). The summed E-state index contributed by atoms with van der Waals surface area (Å²) in [5, 5.41) is 4.16. The first-order valence-corrected chi connectivity index (χ1v) is 11.4. The van der Waals surface area contributed by atoms with E-state index in [0.29, 0.717) is 11.5 Å². The van der Waals surface area contributed by atoms with Crippen LogP contribution in [-0.2, 0) is 17.6 Å². The van der Waals surface area contributed by atoms with Crippen molar-refractivity contribution in [1.29, 1.82) is 0 Å². The van der Waals surface area contributed by atoms with Crippen LogP contribution in [0.4, 0.5) is 0 Å². The van der Waals surface area contributed by atoms with Crippen LogP contribution in [0.2, 0.25) is 0 Å². The average molecular weight is 439 g/mol. The van der Waals surface area contributed by atoms with Gasteiger partial charge in [0, 0.05) is 25.2 Å². The Labute approximate surface area is 183 Å². The van der Waals surface area contributed by atoms with Crippen molar-refractivity contribution in [2.45, 2.75) is 11.8 Å². The monoisotopic (exact) mass is 438 g/mol. The van der Waals surface area contributed by atoms with Crippen molar-refractivity contribution in [3.05, 3.63) is 77.3 Å². The highest BCUT2D eigenvalue weighted by atomic mass is 32.2. The van der Waals surface area contributed by atoms with E-state index >= 15 is 0 Å². The number of thiazole rings is 1. The number of ether oxygens (including phenoxy) is 1. The van der Waals surface area contributed by atoms with Crippen LogP contribution >= 0.6 is 23.1 Å². The van der Waals surface area contributed by atoms with Gasteiger partial charge in [0.2, 0.25) is 5.91 Å². The lowest BCUT2D eigenvalue weighted by molar-refractivity contribution is -0.119. The zero-order valence-corrected chi connectivity index (χ0v) is 18.4. The Balaban J connectivity index is 1.41. The number of hydrogen-bond donors (Lipinski definition) is 1. The molecule has 8 heteroatoms. The molecule has 2 heterocycles. The third-order valence-electron chi connectivity index (χ3n) is 4.67. The highest BCUT2D eigenvalue weighted by molar-refractivity contribution is 7.99. The minimum atomic E-state index is -0.327. The average Bonchev–Trinajstić information content (AvgIpc) is 3.37. The van der Waals surface area contributed by atoms with E-state index in [1.165, 1.54) is 4.70 Å². The molecule has 1 amide bonds. The van der Waals surface area contributed by atoms with Crippen molar-refractivity contribution in [2.75, 3.05) is 12.9 Å². The number of thioether (sulfide) groups is 1. The molecule has 0 saturated carbocycles. The molecular weight excluding hydrogens is 416 g/mol.